The summed E-state index contributed by atoms with van der Waals surface area (Å²) in [7, 11) is 1.58. The van der Waals surface area contributed by atoms with Crippen molar-refractivity contribution >= 4 is 21.4 Å². The molecule has 0 aliphatic heterocycles. The molecular weight excluding hydrogens is 196 g/mol. The first-order valence-corrected chi connectivity index (χ1v) is 5.11. The normalized spacial score (nSPS) is 10.4. The van der Waals surface area contributed by atoms with Crippen molar-refractivity contribution in [3.05, 3.63) is 39.4 Å². The molecule has 1 heterocycles. The molecule has 1 aromatic carbocycles. The number of ether oxygens (including phenoxy) is 1. The highest BCUT2D eigenvalue weighted by atomic mass is 32.1. The van der Waals surface area contributed by atoms with Gasteiger partial charge in [-0.15, -0.1) is 11.3 Å². The average molecular weight is 206 g/mol. The Bertz CT molecular complexity index is 528. The minimum Gasteiger partial charge on any atom is -0.496 e. The van der Waals surface area contributed by atoms with Crippen molar-refractivity contribution in [2.24, 2.45) is 0 Å². The summed E-state index contributed by atoms with van der Waals surface area (Å²) in [6.07, 6.45) is 0. The highest BCUT2D eigenvalue weighted by molar-refractivity contribution is 7.18. The van der Waals surface area contributed by atoms with Gasteiger partial charge in [0.05, 0.1) is 12.5 Å². The van der Waals surface area contributed by atoms with Crippen molar-refractivity contribution in [2.75, 3.05) is 7.11 Å². The molecule has 0 N–H and O–H groups in total. The van der Waals surface area contributed by atoms with E-state index in [1.54, 1.807) is 24.5 Å². The fraction of sp³-hybridized carbons (Fsp3) is 0.182. The number of benzene rings is 1. The quantitative estimate of drug-likeness (QED) is 0.716. The van der Waals surface area contributed by atoms with E-state index in [1.165, 1.54) is 0 Å². The molecule has 0 saturated carbocycles. The van der Waals surface area contributed by atoms with Crippen LogP contribution in [0, 0.1) is 6.92 Å². The third-order valence-corrected chi connectivity index (χ3v) is 3.06. The molecule has 0 fully saturated rings. The Morgan fingerprint density at radius 3 is 2.86 bits per heavy atom. The first-order valence-electron chi connectivity index (χ1n) is 4.30. The highest BCUT2D eigenvalue weighted by Crippen LogP contribution is 2.25. The van der Waals surface area contributed by atoms with Gasteiger partial charge in [-0.2, -0.15) is 0 Å². The second-order valence-corrected chi connectivity index (χ2v) is 4.34. The number of hydrogen-bond donors (Lipinski definition) is 0. The second kappa shape index (κ2) is 3.42. The topological polar surface area (TPSA) is 26.3 Å². The Hall–Kier alpha value is -1.35. The van der Waals surface area contributed by atoms with Gasteiger partial charge in [0, 0.05) is 9.58 Å². The van der Waals surface area contributed by atoms with Crippen molar-refractivity contribution in [3.8, 4) is 5.75 Å². The second-order valence-electron chi connectivity index (χ2n) is 3.05. The summed E-state index contributed by atoms with van der Waals surface area (Å²) in [5.74, 6) is 0.656. The van der Waals surface area contributed by atoms with E-state index in [-0.39, 0.29) is 5.43 Å². The van der Waals surface area contributed by atoms with Crippen LogP contribution in [0.5, 0.6) is 5.75 Å². The molecule has 0 aliphatic carbocycles. The average Bonchev–Trinajstić information content (AvgIpc) is 2.16. The fourth-order valence-electron chi connectivity index (χ4n) is 1.47. The Kier molecular flexibility index (Phi) is 2.25. The summed E-state index contributed by atoms with van der Waals surface area (Å²) in [5, 5.41) is 0.686. The van der Waals surface area contributed by atoms with Crippen LogP contribution in [0.15, 0.2) is 29.1 Å². The van der Waals surface area contributed by atoms with Crippen molar-refractivity contribution in [2.45, 2.75) is 6.92 Å². The van der Waals surface area contributed by atoms with E-state index in [9.17, 15) is 4.79 Å². The van der Waals surface area contributed by atoms with Crippen LogP contribution in [0.4, 0.5) is 0 Å². The van der Waals surface area contributed by atoms with Gasteiger partial charge < -0.3 is 4.74 Å². The lowest BCUT2D eigenvalue weighted by molar-refractivity contribution is 0.419. The predicted molar refractivity (Wildman–Crippen MR) is 59.4 cm³/mol. The van der Waals surface area contributed by atoms with E-state index < -0.39 is 0 Å². The van der Waals surface area contributed by atoms with Crippen LogP contribution in [-0.4, -0.2) is 7.11 Å². The van der Waals surface area contributed by atoms with Gasteiger partial charge in [0.1, 0.15) is 5.75 Å². The largest absolute Gasteiger partial charge is 0.496 e. The van der Waals surface area contributed by atoms with Crippen LogP contribution >= 0.6 is 11.3 Å². The van der Waals surface area contributed by atoms with Gasteiger partial charge in [-0.1, -0.05) is 6.07 Å². The SMILES string of the molecule is COc1cccc2sc(C)cc(=O)c12. The molecule has 0 amide bonds. The predicted octanol–water partition coefficient (Wildman–Crippen LogP) is 2.58. The van der Waals surface area contributed by atoms with Crippen LogP contribution in [0.1, 0.15) is 4.88 Å². The van der Waals surface area contributed by atoms with Gasteiger partial charge in [-0.05, 0) is 25.1 Å². The maximum atomic E-state index is 11.7. The van der Waals surface area contributed by atoms with Gasteiger partial charge >= 0.3 is 0 Å². The lowest BCUT2D eigenvalue weighted by atomic mass is 10.2. The molecule has 0 radical (unpaired) electrons. The van der Waals surface area contributed by atoms with Crippen LogP contribution < -0.4 is 10.2 Å². The summed E-state index contributed by atoms with van der Waals surface area (Å²) in [5.41, 5.74) is 0.0358. The smallest absolute Gasteiger partial charge is 0.192 e. The van der Waals surface area contributed by atoms with Crippen molar-refractivity contribution in [1.82, 2.24) is 0 Å². The summed E-state index contributed by atoms with van der Waals surface area (Å²) in [4.78, 5) is 12.7. The molecule has 0 aliphatic rings. The zero-order valence-electron chi connectivity index (χ0n) is 8.03. The van der Waals surface area contributed by atoms with Crippen molar-refractivity contribution in [3.63, 3.8) is 0 Å². The molecule has 14 heavy (non-hydrogen) atoms. The Labute approximate surface area is 85.8 Å². The molecular formula is C11H10O2S. The first kappa shape index (κ1) is 9.21. The zero-order chi connectivity index (χ0) is 10.1. The maximum absolute atomic E-state index is 11.7. The minimum atomic E-state index is 0.0358. The van der Waals surface area contributed by atoms with Crippen LogP contribution in [0.25, 0.3) is 10.1 Å². The minimum absolute atomic E-state index is 0.0358. The fourth-order valence-corrected chi connectivity index (χ4v) is 2.43. The number of fused-ring (bicyclic) bond motifs is 1. The lowest BCUT2D eigenvalue weighted by Gasteiger charge is -2.03. The van der Waals surface area contributed by atoms with E-state index in [0.717, 1.165) is 9.58 Å². The van der Waals surface area contributed by atoms with Crippen molar-refractivity contribution in [1.29, 1.82) is 0 Å². The Morgan fingerprint density at radius 2 is 2.14 bits per heavy atom. The molecule has 0 spiro atoms. The molecule has 1 aromatic heterocycles. The molecule has 0 atom stereocenters. The summed E-state index contributed by atoms with van der Waals surface area (Å²) in [6, 6.07) is 7.30. The van der Waals surface area contributed by atoms with E-state index >= 15 is 0 Å². The van der Waals surface area contributed by atoms with Crippen molar-refractivity contribution < 1.29 is 4.74 Å². The van der Waals surface area contributed by atoms with Gasteiger partial charge in [-0.3, -0.25) is 4.79 Å². The lowest BCUT2D eigenvalue weighted by Crippen LogP contribution is -2.01. The zero-order valence-corrected chi connectivity index (χ0v) is 8.85. The maximum Gasteiger partial charge on any atom is 0.192 e. The molecule has 2 nitrogen and oxygen atoms in total. The third kappa shape index (κ3) is 1.40. The van der Waals surface area contributed by atoms with E-state index in [2.05, 4.69) is 0 Å². The van der Waals surface area contributed by atoms with Gasteiger partial charge in [-0.25, -0.2) is 0 Å². The molecule has 3 heteroatoms. The molecule has 2 rings (SSSR count). The summed E-state index contributed by atoms with van der Waals surface area (Å²) < 4.78 is 6.14. The Morgan fingerprint density at radius 1 is 1.36 bits per heavy atom. The van der Waals surface area contributed by atoms with Crippen LogP contribution in [0.2, 0.25) is 0 Å². The van der Waals surface area contributed by atoms with E-state index in [1.807, 2.05) is 25.1 Å². The number of methoxy groups -OCH3 is 1. The molecule has 0 bridgehead atoms. The molecule has 72 valence electrons. The first-order chi connectivity index (χ1) is 6.72. The Balaban J connectivity index is 2.94. The highest BCUT2D eigenvalue weighted by Gasteiger charge is 2.05. The van der Waals surface area contributed by atoms with Crippen LogP contribution in [0.3, 0.4) is 0 Å². The van der Waals surface area contributed by atoms with Gasteiger partial charge in [0.2, 0.25) is 0 Å². The van der Waals surface area contributed by atoms with Gasteiger partial charge in [0.25, 0.3) is 0 Å². The van der Waals surface area contributed by atoms with E-state index in [0.29, 0.717) is 11.1 Å². The molecule has 0 unspecified atom stereocenters. The molecule has 2 aromatic rings. The van der Waals surface area contributed by atoms with Gasteiger partial charge in [0.15, 0.2) is 5.43 Å². The monoisotopic (exact) mass is 206 g/mol. The summed E-state index contributed by atoms with van der Waals surface area (Å²) in [6.45, 7) is 1.94. The van der Waals surface area contributed by atoms with E-state index in [4.69, 9.17) is 4.74 Å². The molecule has 0 saturated heterocycles. The third-order valence-electron chi connectivity index (χ3n) is 2.06. The number of rotatable bonds is 1. The number of hydrogen-bond acceptors (Lipinski definition) is 3. The standard InChI is InChI=1S/C11H10O2S/c1-7-6-8(12)11-9(13-2)4-3-5-10(11)14-7/h3-6H,1-2H3. The number of aryl methyl sites for hydroxylation is 1. The summed E-state index contributed by atoms with van der Waals surface area (Å²) >= 11 is 1.61. The van der Waals surface area contributed by atoms with Crippen LogP contribution in [-0.2, 0) is 0 Å².